The highest BCUT2D eigenvalue weighted by atomic mass is 32.2. The molecule has 7 nitrogen and oxygen atoms in total. The molecule has 2 rings (SSSR count). The minimum atomic E-state index is -2.05. The molecule has 31 heavy (non-hydrogen) atoms. The van der Waals surface area contributed by atoms with E-state index in [0.29, 0.717) is 11.4 Å². The van der Waals surface area contributed by atoms with Gasteiger partial charge in [-0.3, -0.25) is 9.59 Å². The predicted molar refractivity (Wildman–Crippen MR) is 129 cm³/mol. The molecule has 0 saturated carbocycles. The molecule has 0 aliphatic carbocycles. The van der Waals surface area contributed by atoms with Crippen LogP contribution in [0, 0.1) is 5.92 Å². The van der Waals surface area contributed by atoms with Crippen LogP contribution in [0.3, 0.4) is 0 Å². The first kappa shape index (κ1) is 26.0. The summed E-state index contributed by atoms with van der Waals surface area (Å²) in [6.07, 6.45) is 1.22. The number of nitrogens with zero attached hydrogens (tertiary/aromatic N) is 1. The molecule has 2 saturated heterocycles. The lowest BCUT2D eigenvalue weighted by Gasteiger charge is -2.48. The third-order valence-electron chi connectivity index (χ3n) is 5.89. The van der Waals surface area contributed by atoms with Crippen LogP contribution in [0.1, 0.15) is 34.6 Å². The monoisotopic (exact) mass is 486 g/mol. The molecule has 2 fully saturated rings. The van der Waals surface area contributed by atoms with Gasteiger partial charge in [0.15, 0.2) is 14.4 Å². The molecule has 0 spiro atoms. The average molecular weight is 487 g/mol. The van der Waals surface area contributed by atoms with Crippen LogP contribution < -0.4 is 5.32 Å². The Balaban J connectivity index is 2.22. The van der Waals surface area contributed by atoms with Crippen molar-refractivity contribution in [2.45, 2.75) is 70.3 Å². The van der Waals surface area contributed by atoms with Gasteiger partial charge < -0.3 is 19.4 Å². The normalized spacial score (nSPS) is 25.6. The Kier molecular flexibility index (Phi) is 8.51. The maximum atomic E-state index is 13.1. The third kappa shape index (κ3) is 5.58. The molecule has 2 amide bonds. The molecule has 2 heterocycles. The fourth-order valence-electron chi connectivity index (χ4n) is 3.24. The maximum Gasteiger partial charge on any atom is 0.334 e. The number of thioether (sulfide) groups is 2. The van der Waals surface area contributed by atoms with Crippen molar-refractivity contribution < 1.29 is 23.5 Å². The minimum absolute atomic E-state index is 0.0297. The summed E-state index contributed by atoms with van der Waals surface area (Å²) in [5.74, 6) is -0.965. The van der Waals surface area contributed by atoms with Crippen LogP contribution in [-0.2, 0) is 18.8 Å². The van der Waals surface area contributed by atoms with Gasteiger partial charge in [-0.25, -0.2) is 4.79 Å². The quantitative estimate of drug-likeness (QED) is 0.237. The van der Waals surface area contributed by atoms with Crippen LogP contribution >= 0.6 is 23.5 Å². The second kappa shape index (κ2) is 10.1. The van der Waals surface area contributed by atoms with Gasteiger partial charge in [0.1, 0.15) is 6.61 Å². The number of ether oxygens (including phenoxy) is 1. The smallest absolute Gasteiger partial charge is 0.334 e. The summed E-state index contributed by atoms with van der Waals surface area (Å²) in [6.45, 7) is 18.7. The third-order valence-corrected chi connectivity index (χ3v) is 12.7. The molecular weight excluding hydrogens is 452 g/mol. The van der Waals surface area contributed by atoms with Gasteiger partial charge in [0.25, 0.3) is 5.24 Å². The van der Waals surface area contributed by atoms with Crippen molar-refractivity contribution >= 4 is 49.0 Å². The number of rotatable bonds is 8. The topological polar surface area (TPSA) is 84.9 Å². The van der Waals surface area contributed by atoms with Gasteiger partial charge in [0.05, 0.1) is 17.4 Å². The molecule has 0 aromatic heterocycles. The first-order chi connectivity index (χ1) is 14.4. The highest BCUT2D eigenvalue weighted by molar-refractivity contribution is 8.16. The molecule has 0 radical (unpaired) electrons. The molecule has 0 bridgehead atoms. The molecule has 10 heteroatoms. The summed E-state index contributed by atoms with van der Waals surface area (Å²) < 4.78 is 11.7. The zero-order valence-electron chi connectivity index (χ0n) is 19.4. The lowest BCUT2D eigenvalue weighted by Crippen LogP contribution is -2.65. The van der Waals surface area contributed by atoms with Crippen molar-refractivity contribution in [1.29, 1.82) is 0 Å². The van der Waals surface area contributed by atoms with E-state index in [2.05, 4.69) is 45.8 Å². The van der Waals surface area contributed by atoms with Crippen molar-refractivity contribution in [2.75, 3.05) is 13.2 Å². The summed E-state index contributed by atoms with van der Waals surface area (Å²) in [4.78, 5) is 39.9. The Labute approximate surface area is 194 Å². The van der Waals surface area contributed by atoms with E-state index in [-0.39, 0.29) is 40.2 Å². The SMILES string of the molecule is C=CCOC(=O)C1/C(=C\SC(=O)NCC)S[C@@H]2[C@@H]([C@@H](C)O[Si](C)(C)C(C)(C)C)C(=O)N12. The average Bonchev–Trinajstić information content (AvgIpc) is 2.97. The number of carbonyl (C=O) groups excluding carboxylic acids is 3. The molecule has 2 aliphatic heterocycles. The summed E-state index contributed by atoms with van der Waals surface area (Å²) >= 11 is 2.41. The van der Waals surface area contributed by atoms with Crippen LogP contribution in [0.5, 0.6) is 0 Å². The highest BCUT2D eigenvalue weighted by Crippen LogP contribution is 2.53. The Hall–Kier alpha value is -1.23. The van der Waals surface area contributed by atoms with Crippen LogP contribution in [0.15, 0.2) is 23.0 Å². The van der Waals surface area contributed by atoms with E-state index >= 15 is 0 Å². The highest BCUT2D eigenvalue weighted by Gasteiger charge is 2.61. The number of hydrogen-bond acceptors (Lipinski definition) is 7. The lowest BCUT2D eigenvalue weighted by molar-refractivity contribution is -0.167. The van der Waals surface area contributed by atoms with E-state index in [4.69, 9.17) is 9.16 Å². The van der Waals surface area contributed by atoms with Crippen LogP contribution in [0.25, 0.3) is 0 Å². The zero-order valence-corrected chi connectivity index (χ0v) is 22.0. The van der Waals surface area contributed by atoms with Crippen LogP contribution in [0.4, 0.5) is 4.79 Å². The standard InChI is InChI=1S/C21H34N2O5S2Si/c1-9-11-27-19(25)16-14(12-29-20(26)22-10-2)30-18-15(17(24)23(16)18)13(3)28-31(7,8)21(4,5)6/h9,12-13,15-16,18H,1,10-11H2,2-8H3,(H,22,26)/b14-12+/t13-,15+,16?,18-/m1/s1. The number of nitrogens with one attached hydrogen (secondary N) is 1. The van der Waals surface area contributed by atoms with Gasteiger partial charge in [-0.1, -0.05) is 33.4 Å². The number of amides is 2. The second-order valence-corrected chi connectivity index (χ2v) is 15.9. The Bertz CT molecular complexity index is 765. The van der Waals surface area contributed by atoms with E-state index in [1.807, 2.05) is 13.8 Å². The van der Waals surface area contributed by atoms with Crippen molar-refractivity contribution in [3.05, 3.63) is 23.0 Å². The van der Waals surface area contributed by atoms with Gasteiger partial charge >= 0.3 is 5.97 Å². The van der Waals surface area contributed by atoms with Gasteiger partial charge in [-0.05, 0) is 49.1 Å². The molecule has 1 unspecified atom stereocenters. The van der Waals surface area contributed by atoms with E-state index in [0.717, 1.165) is 11.8 Å². The number of carbonyl (C=O) groups is 3. The largest absolute Gasteiger partial charge is 0.460 e. The van der Waals surface area contributed by atoms with Crippen molar-refractivity contribution in [2.24, 2.45) is 5.92 Å². The van der Waals surface area contributed by atoms with Crippen molar-refractivity contribution in [3.8, 4) is 0 Å². The number of fused-ring (bicyclic) bond motifs is 1. The Morgan fingerprint density at radius 1 is 1.39 bits per heavy atom. The first-order valence-electron chi connectivity index (χ1n) is 10.4. The Morgan fingerprint density at radius 2 is 2.03 bits per heavy atom. The van der Waals surface area contributed by atoms with Crippen LogP contribution in [-0.4, -0.2) is 61.0 Å². The van der Waals surface area contributed by atoms with Crippen LogP contribution in [0.2, 0.25) is 18.1 Å². The fraction of sp³-hybridized carbons (Fsp3) is 0.667. The van der Waals surface area contributed by atoms with Crippen molar-refractivity contribution in [1.82, 2.24) is 10.2 Å². The van der Waals surface area contributed by atoms with E-state index < -0.39 is 20.3 Å². The summed E-state index contributed by atoms with van der Waals surface area (Å²) in [6, 6.07) is -0.833. The first-order valence-corrected chi connectivity index (χ1v) is 15.1. The maximum absolute atomic E-state index is 13.1. The van der Waals surface area contributed by atoms with Gasteiger partial charge in [-0.15, -0.1) is 11.8 Å². The second-order valence-electron chi connectivity index (χ2n) is 9.14. The molecule has 0 aromatic carbocycles. The van der Waals surface area contributed by atoms with Gasteiger partial charge in [0, 0.05) is 11.4 Å². The lowest BCUT2D eigenvalue weighted by atomic mass is 9.91. The molecule has 0 aromatic rings. The zero-order chi connectivity index (χ0) is 23.6. The van der Waals surface area contributed by atoms with E-state index in [1.165, 1.54) is 17.8 Å². The summed E-state index contributed by atoms with van der Waals surface area (Å²) in [7, 11) is -2.05. The molecule has 2 aliphatic rings. The minimum Gasteiger partial charge on any atom is -0.460 e. The summed E-state index contributed by atoms with van der Waals surface area (Å²) in [5.41, 5.74) is 0. The van der Waals surface area contributed by atoms with Gasteiger partial charge in [-0.2, -0.15) is 0 Å². The molecule has 4 atom stereocenters. The molecular formula is C21H34N2O5S2Si. The molecule has 174 valence electrons. The fourth-order valence-corrected chi connectivity index (χ4v) is 7.06. The number of hydrogen-bond donors (Lipinski definition) is 1. The van der Waals surface area contributed by atoms with Crippen molar-refractivity contribution in [3.63, 3.8) is 0 Å². The van der Waals surface area contributed by atoms with E-state index in [9.17, 15) is 14.4 Å². The predicted octanol–water partition coefficient (Wildman–Crippen LogP) is 4.33. The molecule has 1 N–H and O–H groups in total. The number of esters is 1. The Morgan fingerprint density at radius 3 is 2.58 bits per heavy atom. The number of β-lactam (4-membered cyclic amide) rings is 1. The van der Waals surface area contributed by atoms with Gasteiger partial charge in [0.2, 0.25) is 5.91 Å². The van der Waals surface area contributed by atoms with E-state index in [1.54, 1.807) is 10.3 Å². The summed E-state index contributed by atoms with van der Waals surface area (Å²) in [5, 5.41) is 3.97.